The number of methoxy groups -OCH3 is 2. The first-order chi connectivity index (χ1) is 9.99. The Hall–Kier alpha value is -1.39. The Balaban J connectivity index is 2.86. The molecule has 3 unspecified atom stereocenters. The standard InChI is InChI=1S/C17H27NO3/c1-12(2)15(18-13(3)19)11-16(20-4)17(21-5)14-9-7-6-8-10-14/h6-10,12,15-17H,11H2,1-5H3,(H,18,19). The van der Waals surface area contributed by atoms with Crippen LogP contribution in [0.1, 0.15) is 38.9 Å². The summed E-state index contributed by atoms with van der Waals surface area (Å²) in [5.74, 6) is 0.317. The molecule has 0 aliphatic heterocycles. The topological polar surface area (TPSA) is 47.6 Å². The molecule has 0 aliphatic carbocycles. The van der Waals surface area contributed by atoms with E-state index in [1.54, 1.807) is 21.1 Å². The van der Waals surface area contributed by atoms with E-state index in [9.17, 15) is 4.79 Å². The number of amides is 1. The summed E-state index contributed by atoms with van der Waals surface area (Å²) in [7, 11) is 3.37. The third-order valence-electron chi connectivity index (χ3n) is 3.70. The monoisotopic (exact) mass is 293 g/mol. The molecule has 21 heavy (non-hydrogen) atoms. The van der Waals surface area contributed by atoms with Crippen LogP contribution in [0.15, 0.2) is 30.3 Å². The summed E-state index contributed by atoms with van der Waals surface area (Å²) in [6.45, 7) is 5.73. The maximum Gasteiger partial charge on any atom is 0.217 e. The van der Waals surface area contributed by atoms with Gasteiger partial charge in [-0.2, -0.15) is 0 Å². The van der Waals surface area contributed by atoms with Crippen LogP contribution in [-0.2, 0) is 14.3 Å². The molecule has 0 saturated heterocycles. The average molecular weight is 293 g/mol. The SMILES string of the molecule is COC(CC(NC(C)=O)C(C)C)C(OC)c1ccccc1. The lowest BCUT2D eigenvalue weighted by atomic mass is 9.93. The van der Waals surface area contributed by atoms with Gasteiger partial charge in [0, 0.05) is 27.2 Å². The van der Waals surface area contributed by atoms with Gasteiger partial charge >= 0.3 is 0 Å². The number of carbonyl (C=O) groups excluding carboxylic acids is 1. The van der Waals surface area contributed by atoms with E-state index in [1.807, 2.05) is 30.3 Å². The molecule has 3 atom stereocenters. The molecule has 1 aromatic carbocycles. The van der Waals surface area contributed by atoms with Crippen LogP contribution in [0.25, 0.3) is 0 Å². The minimum atomic E-state index is -0.147. The van der Waals surface area contributed by atoms with Gasteiger partial charge in [-0.05, 0) is 17.9 Å². The van der Waals surface area contributed by atoms with E-state index in [2.05, 4.69) is 19.2 Å². The van der Waals surface area contributed by atoms with Crippen molar-refractivity contribution in [3.63, 3.8) is 0 Å². The Labute approximate surface area is 127 Å². The lowest BCUT2D eigenvalue weighted by Gasteiger charge is -2.30. The third kappa shape index (κ3) is 5.48. The van der Waals surface area contributed by atoms with E-state index in [1.165, 1.54) is 0 Å². The van der Waals surface area contributed by atoms with E-state index in [0.29, 0.717) is 12.3 Å². The Bertz CT molecular complexity index is 419. The van der Waals surface area contributed by atoms with Crippen LogP contribution < -0.4 is 5.32 Å². The summed E-state index contributed by atoms with van der Waals surface area (Å²) in [6.07, 6.45) is 0.448. The highest BCUT2D eigenvalue weighted by molar-refractivity contribution is 5.73. The summed E-state index contributed by atoms with van der Waals surface area (Å²) in [5.41, 5.74) is 1.08. The Morgan fingerprint density at radius 3 is 2.19 bits per heavy atom. The quantitative estimate of drug-likeness (QED) is 0.801. The molecule has 4 heteroatoms. The van der Waals surface area contributed by atoms with Crippen molar-refractivity contribution in [3.05, 3.63) is 35.9 Å². The number of carbonyl (C=O) groups is 1. The molecule has 0 radical (unpaired) electrons. The zero-order valence-corrected chi connectivity index (χ0v) is 13.6. The normalized spacial score (nSPS) is 15.5. The Morgan fingerprint density at radius 1 is 1.14 bits per heavy atom. The maximum absolute atomic E-state index is 11.4. The van der Waals surface area contributed by atoms with Crippen molar-refractivity contribution in [1.29, 1.82) is 0 Å². The predicted molar refractivity (Wildman–Crippen MR) is 84.0 cm³/mol. The van der Waals surface area contributed by atoms with Crippen molar-refractivity contribution < 1.29 is 14.3 Å². The molecule has 1 N–H and O–H groups in total. The van der Waals surface area contributed by atoms with Crippen molar-refractivity contribution in [2.24, 2.45) is 5.92 Å². The number of rotatable bonds is 8. The lowest BCUT2D eigenvalue weighted by Crippen LogP contribution is -2.41. The van der Waals surface area contributed by atoms with Gasteiger partial charge in [0.1, 0.15) is 6.10 Å². The molecule has 0 saturated carbocycles. The second-order valence-corrected chi connectivity index (χ2v) is 5.63. The van der Waals surface area contributed by atoms with Crippen LogP contribution >= 0.6 is 0 Å². The van der Waals surface area contributed by atoms with Crippen LogP contribution in [0, 0.1) is 5.92 Å². The van der Waals surface area contributed by atoms with Gasteiger partial charge < -0.3 is 14.8 Å². The highest BCUT2D eigenvalue weighted by atomic mass is 16.5. The van der Waals surface area contributed by atoms with Crippen molar-refractivity contribution >= 4 is 5.91 Å². The van der Waals surface area contributed by atoms with Crippen molar-refractivity contribution in [2.45, 2.75) is 45.4 Å². The second-order valence-electron chi connectivity index (χ2n) is 5.63. The van der Waals surface area contributed by atoms with Crippen molar-refractivity contribution in [1.82, 2.24) is 5.32 Å². The summed E-state index contributed by atoms with van der Waals surface area (Å²) in [5, 5.41) is 3.00. The minimum absolute atomic E-state index is 0.0165. The van der Waals surface area contributed by atoms with E-state index < -0.39 is 0 Å². The molecule has 118 valence electrons. The van der Waals surface area contributed by atoms with Crippen LogP contribution in [-0.4, -0.2) is 32.3 Å². The fourth-order valence-corrected chi connectivity index (χ4v) is 2.50. The number of benzene rings is 1. The molecule has 0 bridgehead atoms. The average Bonchev–Trinajstić information content (AvgIpc) is 2.46. The predicted octanol–water partition coefficient (Wildman–Crippen LogP) is 2.94. The van der Waals surface area contributed by atoms with E-state index >= 15 is 0 Å². The van der Waals surface area contributed by atoms with Gasteiger partial charge in [-0.3, -0.25) is 4.79 Å². The van der Waals surface area contributed by atoms with Gasteiger partial charge in [-0.25, -0.2) is 0 Å². The van der Waals surface area contributed by atoms with E-state index in [0.717, 1.165) is 5.56 Å². The smallest absolute Gasteiger partial charge is 0.217 e. The molecule has 0 heterocycles. The minimum Gasteiger partial charge on any atom is -0.378 e. The third-order valence-corrected chi connectivity index (χ3v) is 3.70. The van der Waals surface area contributed by atoms with Crippen LogP contribution in [0.3, 0.4) is 0 Å². The summed E-state index contributed by atoms with van der Waals surface area (Å²) in [6, 6.07) is 10.1. The molecule has 1 rings (SSSR count). The highest BCUT2D eigenvalue weighted by Crippen LogP contribution is 2.26. The number of hydrogen-bond acceptors (Lipinski definition) is 3. The fourth-order valence-electron chi connectivity index (χ4n) is 2.50. The van der Waals surface area contributed by atoms with Crippen molar-refractivity contribution in [2.75, 3.05) is 14.2 Å². The largest absolute Gasteiger partial charge is 0.378 e. The van der Waals surface area contributed by atoms with Gasteiger partial charge in [-0.15, -0.1) is 0 Å². The molecular weight excluding hydrogens is 266 g/mol. The molecule has 1 aromatic rings. The zero-order chi connectivity index (χ0) is 15.8. The van der Waals surface area contributed by atoms with Crippen LogP contribution in [0.2, 0.25) is 0 Å². The first kappa shape index (κ1) is 17.7. The number of hydrogen-bond donors (Lipinski definition) is 1. The molecule has 0 spiro atoms. The van der Waals surface area contributed by atoms with Gasteiger partial charge in [0.05, 0.1) is 6.10 Å². The Kier molecular flexibility index (Phi) is 7.40. The lowest BCUT2D eigenvalue weighted by molar-refractivity contribution is -0.120. The second kappa shape index (κ2) is 8.80. The molecule has 4 nitrogen and oxygen atoms in total. The van der Waals surface area contributed by atoms with Crippen LogP contribution in [0.4, 0.5) is 0 Å². The van der Waals surface area contributed by atoms with E-state index in [-0.39, 0.29) is 24.2 Å². The van der Waals surface area contributed by atoms with Crippen LogP contribution in [0.5, 0.6) is 0 Å². The van der Waals surface area contributed by atoms with Gasteiger partial charge in [0.2, 0.25) is 5.91 Å². The molecule has 0 fully saturated rings. The Morgan fingerprint density at radius 2 is 1.76 bits per heavy atom. The molecule has 0 aromatic heterocycles. The molecule has 1 amide bonds. The number of nitrogens with one attached hydrogen (secondary N) is 1. The van der Waals surface area contributed by atoms with Gasteiger partial charge in [0.15, 0.2) is 0 Å². The van der Waals surface area contributed by atoms with E-state index in [4.69, 9.17) is 9.47 Å². The van der Waals surface area contributed by atoms with Gasteiger partial charge in [-0.1, -0.05) is 44.2 Å². The molecule has 0 aliphatic rings. The molecular formula is C17H27NO3. The summed E-state index contributed by atoms with van der Waals surface area (Å²) < 4.78 is 11.3. The first-order valence-electron chi connectivity index (χ1n) is 7.37. The highest BCUT2D eigenvalue weighted by Gasteiger charge is 2.27. The fraction of sp³-hybridized carbons (Fsp3) is 0.588. The summed E-state index contributed by atoms with van der Waals surface area (Å²) in [4.78, 5) is 11.4. The maximum atomic E-state index is 11.4. The van der Waals surface area contributed by atoms with Gasteiger partial charge in [0.25, 0.3) is 0 Å². The first-order valence-corrected chi connectivity index (χ1v) is 7.37. The summed E-state index contributed by atoms with van der Waals surface area (Å²) >= 11 is 0. The van der Waals surface area contributed by atoms with Crippen molar-refractivity contribution in [3.8, 4) is 0 Å². The zero-order valence-electron chi connectivity index (χ0n) is 13.6. The number of ether oxygens (including phenoxy) is 2.